The van der Waals surface area contributed by atoms with Crippen LogP contribution in [0.2, 0.25) is 0 Å². The molecule has 1 aliphatic rings. The molecule has 0 bridgehead atoms. The van der Waals surface area contributed by atoms with Gasteiger partial charge in [0.25, 0.3) is 5.92 Å². The summed E-state index contributed by atoms with van der Waals surface area (Å²) in [5.74, 6) is -2.23. The normalized spacial score (nSPS) is 22.4. The topological polar surface area (TPSA) is 48.4 Å². The average molecular weight is 217 g/mol. The Balaban J connectivity index is 2.20. The van der Waals surface area contributed by atoms with Crippen molar-refractivity contribution >= 4 is 0 Å². The van der Waals surface area contributed by atoms with Crippen molar-refractivity contribution in [2.24, 2.45) is 5.73 Å². The first-order chi connectivity index (χ1) is 6.97. The standard InChI is InChI=1S/C10H13F2NO2/c1-14-4-7-2-3-15-8(7)9(13)5-10(11,12)6-9/h2-3H,4-6,13H2,1H3. The summed E-state index contributed by atoms with van der Waals surface area (Å²) < 4.78 is 35.7. The Morgan fingerprint density at radius 1 is 1.53 bits per heavy atom. The smallest absolute Gasteiger partial charge is 0.252 e. The molecule has 1 heterocycles. The van der Waals surface area contributed by atoms with Crippen LogP contribution in [0.4, 0.5) is 8.78 Å². The third-order valence-corrected chi connectivity index (χ3v) is 2.65. The lowest BCUT2D eigenvalue weighted by atomic mass is 9.71. The van der Waals surface area contributed by atoms with Gasteiger partial charge in [0.2, 0.25) is 0 Å². The summed E-state index contributed by atoms with van der Waals surface area (Å²) >= 11 is 0. The van der Waals surface area contributed by atoms with Gasteiger partial charge in [-0.05, 0) is 6.07 Å². The second kappa shape index (κ2) is 3.28. The summed E-state index contributed by atoms with van der Waals surface area (Å²) in [6, 6.07) is 1.70. The van der Waals surface area contributed by atoms with Gasteiger partial charge in [-0.15, -0.1) is 0 Å². The first kappa shape index (κ1) is 10.6. The van der Waals surface area contributed by atoms with E-state index in [0.29, 0.717) is 12.4 Å². The number of alkyl halides is 2. The predicted octanol–water partition coefficient (Wildman–Crippen LogP) is 2.01. The maximum absolute atomic E-state index is 12.8. The molecule has 1 saturated carbocycles. The molecular formula is C10H13F2NO2. The van der Waals surface area contributed by atoms with Crippen LogP contribution in [0.3, 0.4) is 0 Å². The van der Waals surface area contributed by atoms with E-state index in [-0.39, 0.29) is 12.8 Å². The summed E-state index contributed by atoms with van der Waals surface area (Å²) in [6.07, 6.45) is 0.739. The molecule has 1 aromatic heterocycles. The monoisotopic (exact) mass is 217 g/mol. The Labute approximate surface area is 86.2 Å². The van der Waals surface area contributed by atoms with Gasteiger partial charge in [0.1, 0.15) is 5.76 Å². The van der Waals surface area contributed by atoms with Crippen LogP contribution in [0, 0.1) is 0 Å². The molecule has 0 aliphatic heterocycles. The molecule has 1 aromatic rings. The quantitative estimate of drug-likeness (QED) is 0.842. The SMILES string of the molecule is COCc1ccoc1C1(N)CC(F)(F)C1. The fraction of sp³-hybridized carbons (Fsp3) is 0.600. The van der Waals surface area contributed by atoms with Crippen molar-refractivity contribution < 1.29 is 17.9 Å². The minimum absolute atomic E-state index is 0.330. The van der Waals surface area contributed by atoms with E-state index in [2.05, 4.69) is 0 Å². The van der Waals surface area contributed by atoms with Crippen LogP contribution in [0.15, 0.2) is 16.7 Å². The van der Waals surface area contributed by atoms with Gasteiger partial charge in [-0.25, -0.2) is 8.78 Å². The molecule has 1 fully saturated rings. The molecule has 2 N–H and O–H groups in total. The van der Waals surface area contributed by atoms with Gasteiger partial charge >= 0.3 is 0 Å². The van der Waals surface area contributed by atoms with Gasteiger partial charge in [-0.2, -0.15) is 0 Å². The van der Waals surface area contributed by atoms with Crippen molar-refractivity contribution in [3.63, 3.8) is 0 Å². The van der Waals surface area contributed by atoms with Crippen LogP contribution in [0.25, 0.3) is 0 Å². The number of furan rings is 1. The molecule has 1 aliphatic carbocycles. The molecular weight excluding hydrogens is 204 g/mol. The maximum Gasteiger partial charge on any atom is 0.252 e. The van der Waals surface area contributed by atoms with Gasteiger partial charge in [0.05, 0.1) is 18.4 Å². The lowest BCUT2D eigenvalue weighted by Gasteiger charge is -2.43. The number of ether oxygens (including phenoxy) is 1. The number of rotatable bonds is 3. The number of halogens is 2. The van der Waals surface area contributed by atoms with Gasteiger partial charge < -0.3 is 14.9 Å². The van der Waals surface area contributed by atoms with Crippen molar-refractivity contribution in [3.05, 3.63) is 23.7 Å². The van der Waals surface area contributed by atoms with E-state index < -0.39 is 11.5 Å². The van der Waals surface area contributed by atoms with E-state index in [9.17, 15) is 8.78 Å². The maximum atomic E-state index is 12.8. The lowest BCUT2D eigenvalue weighted by Crippen LogP contribution is -2.55. The van der Waals surface area contributed by atoms with Gasteiger partial charge in [-0.3, -0.25) is 0 Å². The molecule has 0 spiro atoms. The zero-order valence-electron chi connectivity index (χ0n) is 8.43. The highest BCUT2D eigenvalue weighted by Crippen LogP contribution is 2.50. The van der Waals surface area contributed by atoms with Crippen LogP contribution < -0.4 is 5.73 Å². The molecule has 0 aromatic carbocycles. The summed E-state index contributed by atoms with van der Waals surface area (Å²) in [4.78, 5) is 0. The largest absolute Gasteiger partial charge is 0.467 e. The van der Waals surface area contributed by atoms with Crippen molar-refractivity contribution in [2.75, 3.05) is 7.11 Å². The Morgan fingerprint density at radius 3 is 2.73 bits per heavy atom. The molecule has 5 heteroatoms. The Kier molecular flexibility index (Phi) is 2.31. The van der Waals surface area contributed by atoms with E-state index >= 15 is 0 Å². The van der Waals surface area contributed by atoms with Crippen molar-refractivity contribution in [2.45, 2.75) is 30.9 Å². The summed E-state index contributed by atoms with van der Waals surface area (Å²) in [7, 11) is 1.54. The van der Waals surface area contributed by atoms with E-state index in [0.717, 1.165) is 5.56 Å². The van der Waals surface area contributed by atoms with E-state index in [4.69, 9.17) is 14.9 Å². The molecule has 3 nitrogen and oxygen atoms in total. The van der Waals surface area contributed by atoms with Crippen LogP contribution in [-0.4, -0.2) is 13.0 Å². The molecule has 0 saturated heterocycles. The van der Waals surface area contributed by atoms with Crippen molar-refractivity contribution in [1.29, 1.82) is 0 Å². The fourth-order valence-electron chi connectivity index (χ4n) is 2.07. The highest BCUT2D eigenvalue weighted by molar-refractivity contribution is 5.28. The minimum Gasteiger partial charge on any atom is -0.467 e. The van der Waals surface area contributed by atoms with Crippen LogP contribution >= 0.6 is 0 Å². The molecule has 84 valence electrons. The number of hydrogen-bond acceptors (Lipinski definition) is 3. The Morgan fingerprint density at radius 2 is 2.20 bits per heavy atom. The highest BCUT2D eigenvalue weighted by atomic mass is 19.3. The molecule has 0 atom stereocenters. The summed E-state index contributed by atoms with van der Waals surface area (Å²) in [6.45, 7) is 0.330. The second-order valence-corrected chi connectivity index (χ2v) is 4.07. The van der Waals surface area contributed by atoms with Crippen LogP contribution in [0.1, 0.15) is 24.2 Å². The van der Waals surface area contributed by atoms with Crippen molar-refractivity contribution in [3.8, 4) is 0 Å². The zero-order valence-corrected chi connectivity index (χ0v) is 8.43. The first-order valence-corrected chi connectivity index (χ1v) is 4.69. The van der Waals surface area contributed by atoms with Crippen LogP contribution in [-0.2, 0) is 16.9 Å². The third kappa shape index (κ3) is 1.77. The molecule has 2 rings (SSSR count). The van der Waals surface area contributed by atoms with E-state index in [1.54, 1.807) is 6.07 Å². The predicted molar refractivity (Wildman–Crippen MR) is 49.5 cm³/mol. The number of methoxy groups -OCH3 is 1. The second-order valence-electron chi connectivity index (χ2n) is 4.07. The molecule has 15 heavy (non-hydrogen) atoms. The lowest BCUT2D eigenvalue weighted by molar-refractivity contribution is -0.131. The molecule has 0 radical (unpaired) electrons. The highest BCUT2D eigenvalue weighted by Gasteiger charge is 2.57. The van der Waals surface area contributed by atoms with Gasteiger partial charge in [0.15, 0.2) is 0 Å². The zero-order chi connectivity index (χ0) is 11.1. The molecule has 0 unspecified atom stereocenters. The van der Waals surface area contributed by atoms with Crippen molar-refractivity contribution in [1.82, 2.24) is 0 Å². The third-order valence-electron chi connectivity index (χ3n) is 2.65. The van der Waals surface area contributed by atoms with E-state index in [1.165, 1.54) is 13.4 Å². The number of nitrogens with two attached hydrogens (primary N) is 1. The average Bonchev–Trinajstić information content (AvgIpc) is 2.49. The Hall–Kier alpha value is -0.940. The summed E-state index contributed by atoms with van der Waals surface area (Å²) in [5.41, 5.74) is 5.56. The first-order valence-electron chi connectivity index (χ1n) is 4.69. The Bertz CT molecular complexity index is 354. The van der Waals surface area contributed by atoms with Crippen LogP contribution in [0.5, 0.6) is 0 Å². The fourth-order valence-corrected chi connectivity index (χ4v) is 2.07. The minimum atomic E-state index is -2.66. The summed E-state index contributed by atoms with van der Waals surface area (Å²) in [5, 5.41) is 0. The van der Waals surface area contributed by atoms with E-state index in [1.807, 2.05) is 0 Å². The molecule has 0 amide bonds. The number of hydrogen-bond donors (Lipinski definition) is 1. The van der Waals surface area contributed by atoms with Gasteiger partial charge in [-0.1, -0.05) is 0 Å². The van der Waals surface area contributed by atoms with Gasteiger partial charge in [0, 0.05) is 25.5 Å².